The first-order chi connectivity index (χ1) is 9.97. The van der Waals surface area contributed by atoms with Gasteiger partial charge in [0.05, 0.1) is 25.2 Å². The Bertz CT molecular complexity index is 581. The molecule has 6 nitrogen and oxygen atoms in total. The fourth-order valence-corrected chi connectivity index (χ4v) is 3.66. The third kappa shape index (κ3) is 3.66. The summed E-state index contributed by atoms with van der Waals surface area (Å²) in [5.74, 6) is 0.869. The van der Waals surface area contributed by atoms with Crippen LogP contribution in [-0.4, -0.2) is 41.4 Å². The zero-order chi connectivity index (χ0) is 15.5. The SMILES string of the molecule is COc1ccc(S(=O)(=O)N[C@@H](C)[C@@H]2CCCO2)cc1OC. The number of ether oxygens (including phenoxy) is 3. The van der Waals surface area contributed by atoms with Gasteiger partial charge in [-0.05, 0) is 31.9 Å². The van der Waals surface area contributed by atoms with E-state index in [1.807, 2.05) is 6.92 Å². The van der Waals surface area contributed by atoms with Crippen molar-refractivity contribution in [1.82, 2.24) is 4.72 Å². The van der Waals surface area contributed by atoms with Gasteiger partial charge in [-0.1, -0.05) is 0 Å². The van der Waals surface area contributed by atoms with Gasteiger partial charge in [0.1, 0.15) is 0 Å². The van der Waals surface area contributed by atoms with Gasteiger partial charge in [-0.15, -0.1) is 0 Å². The Labute approximate surface area is 125 Å². The van der Waals surface area contributed by atoms with Gasteiger partial charge in [-0.25, -0.2) is 13.1 Å². The van der Waals surface area contributed by atoms with Crippen molar-refractivity contribution >= 4 is 10.0 Å². The maximum atomic E-state index is 12.4. The van der Waals surface area contributed by atoms with E-state index in [2.05, 4.69) is 4.72 Å². The molecule has 0 radical (unpaired) electrons. The Morgan fingerprint density at radius 3 is 2.57 bits per heavy atom. The van der Waals surface area contributed by atoms with Gasteiger partial charge < -0.3 is 14.2 Å². The van der Waals surface area contributed by atoms with Crippen LogP contribution in [-0.2, 0) is 14.8 Å². The van der Waals surface area contributed by atoms with E-state index in [0.29, 0.717) is 18.1 Å². The second-order valence-corrected chi connectivity index (χ2v) is 6.69. The minimum absolute atomic E-state index is 0.0695. The van der Waals surface area contributed by atoms with Crippen LogP contribution in [0.25, 0.3) is 0 Å². The predicted octanol–water partition coefficient (Wildman–Crippen LogP) is 1.55. The van der Waals surface area contributed by atoms with E-state index in [4.69, 9.17) is 14.2 Å². The molecule has 1 aromatic carbocycles. The van der Waals surface area contributed by atoms with Gasteiger partial charge in [0.2, 0.25) is 10.0 Å². The van der Waals surface area contributed by atoms with Crippen LogP contribution >= 0.6 is 0 Å². The Hall–Kier alpha value is -1.31. The molecule has 0 spiro atoms. The highest BCUT2D eigenvalue weighted by Gasteiger charge is 2.27. The molecule has 0 amide bonds. The molecule has 1 heterocycles. The first-order valence-electron chi connectivity index (χ1n) is 6.84. The van der Waals surface area contributed by atoms with Crippen LogP contribution in [0, 0.1) is 0 Å². The molecule has 1 aliphatic rings. The number of rotatable bonds is 6. The topological polar surface area (TPSA) is 73.9 Å². The van der Waals surface area contributed by atoms with Crippen LogP contribution in [0.1, 0.15) is 19.8 Å². The molecule has 2 atom stereocenters. The van der Waals surface area contributed by atoms with Crippen LogP contribution in [0.2, 0.25) is 0 Å². The number of sulfonamides is 1. The monoisotopic (exact) mass is 315 g/mol. The zero-order valence-corrected chi connectivity index (χ0v) is 13.3. The molecule has 21 heavy (non-hydrogen) atoms. The second-order valence-electron chi connectivity index (χ2n) is 4.98. The molecule has 118 valence electrons. The van der Waals surface area contributed by atoms with Gasteiger partial charge in [0.25, 0.3) is 0 Å². The van der Waals surface area contributed by atoms with Crippen molar-refractivity contribution in [2.75, 3.05) is 20.8 Å². The summed E-state index contributed by atoms with van der Waals surface area (Å²) < 4.78 is 43.2. The molecule has 0 saturated carbocycles. The van der Waals surface area contributed by atoms with Crippen LogP contribution < -0.4 is 14.2 Å². The van der Waals surface area contributed by atoms with E-state index in [1.165, 1.54) is 26.4 Å². The number of hydrogen-bond donors (Lipinski definition) is 1. The number of benzene rings is 1. The lowest BCUT2D eigenvalue weighted by atomic mass is 10.1. The van der Waals surface area contributed by atoms with Gasteiger partial charge >= 0.3 is 0 Å². The smallest absolute Gasteiger partial charge is 0.241 e. The van der Waals surface area contributed by atoms with E-state index in [1.54, 1.807) is 6.07 Å². The molecule has 1 saturated heterocycles. The second kappa shape index (κ2) is 6.64. The first-order valence-corrected chi connectivity index (χ1v) is 8.32. The molecule has 0 bridgehead atoms. The van der Waals surface area contributed by atoms with Crippen LogP contribution in [0.4, 0.5) is 0 Å². The van der Waals surface area contributed by atoms with Crippen molar-refractivity contribution in [3.8, 4) is 11.5 Å². The predicted molar refractivity (Wildman–Crippen MR) is 78.3 cm³/mol. The van der Waals surface area contributed by atoms with Crippen LogP contribution in [0.15, 0.2) is 23.1 Å². The van der Waals surface area contributed by atoms with Crippen molar-refractivity contribution in [3.05, 3.63) is 18.2 Å². The Balaban J connectivity index is 2.18. The molecule has 0 aromatic heterocycles. The van der Waals surface area contributed by atoms with E-state index in [-0.39, 0.29) is 17.0 Å². The average molecular weight is 315 g/mol. The van der Waals surface area contributed by atoms with Gasteiger partial charge in [0.15, 0.2) is 11.5 Å². The highest BCUT2D eigenvalue weighted by Crippen LogP contribution is 2.29. The molecular formula is C14H21NO5S. The fourth-order valence-electron chi connectivity index (χ4n) is 2.37. The summed E-state index contributed by atoms with van der Waals surface area (Å²) in [6.45, 7) is 2.50. The van der Waals surface area contributed by atoms with Crippen LogP contribution in [0.5, 0.6) is 11.5 Å². The van der Waals surface area contributed by atoms with E-state index >= 15 is 0 Å². The van der Waals surface area contributed by atoms with Crippen molar-refractivity contribution in [1.29, 1.82) is 0 Å². The quantitative estimate of drug-likeness (QED) is 0.862. The fraction of sp³-hybridized carbons (Fsp3) is 0.571. The standard InChI is InChI=1S/C14H21NO5S/c1-10(12-5-4-8-20-12)15-21(16,17)11-6-7-13(18-2)14(9-11)19-3/h6-7,9-10,12,15H,4-5,8H2,1-3H3/t10-,12-/m0/s1. The van der Waals surface area contributed by atoms with E-state index in [0.717, 1.165) is 12.8 Å². The highest BCUT2D eigenvalue weighted by molar-refractivity contribution is 7.89. The maximum Gasteiger partial charge on any atom is 0.241 e. The zero-order valence-electron chi connectivity index (χ0n) is 12.5. The Morgan fingerprint density at radius 2 is 2.00 bits per heavy atom. The largest absolute Gasteiger partial charge is 0.493 e. The van der Waals surface area contributed by atoms with E-state index in [9.17, 15) is 8.42 Å². The molecule has 0 aliphatic carbocycles. The molecule has 0 unspecified atom stereocenters. The summed E-state index contributed by atoms with van der Waals surface area (Å²) >= 11 is 0. The normalized spacial score (nSPS) is 20.2. The number of methoxy groups -OCH3 is 2. The van der Waals surface area contributed by atoms with Crippen LogP contribution in [0.3, 0.4) is 0 Å². The average Bonchev–Trinajstić information content (AvgIpc) is 3.00. The molecule has 7 heteroatoms. The third-order valence-corrected chi connectivity index (χ3v) is 5.09. The van der Waals surface area contributed by atoms with Gasteiger partial charge in [-0.2, -0.15) is 0 Å². The first kappa shape index (κ1) is 16.1. The summed E-state index contributed by atoms with van der Waals surface area (Å²) in [5.41, 5.74) is 0. The molecule has 1 N–H and O–H groups in total. The molecular weight excluding hydrogens is 294 g/mol. The Morgan fingerprint density at radius 1 is 1.29 bits per heavy atom. The summed E-state index contributed by atoms with van der Waals surface area (Å²) in [6.07, 6.45) is 1.77. The lowest BCUT2D eigenvalue weighted by Gasteiger charge is -2.20. The third-order valence-electron chi connectivity index (χ3n) is 3.53. The van der Waals surface area contributed by atoms with Crippen molar-refractivity contribution in [2.45, 2.75) is 36.8 Å². The van der Waals surface area contributed by atoms with Crippen molar-refractivity contribution in [2.24, 2.45) is 0 Å². The summed E-state index contributed by atoms with van der Waals surface area (Å²) in [5, 5.41) is 0. The lowest BCUT2D eigenvalue weighted by Crippen LogP contribution is -2.40. The highest BCUT2D eigenvalue weighted by atomic mass is 32.2. The maximum absolute atomic E-state index is 12.4. The van der Waals surface area contributed by atoms with Gasteiger partial charge in [0, 0.05) is 18.7 Å². The summed E-state index contributed by atoms with van der Waals surface area (Å²) in [4.78, 5) is 0.144. The van der Waals surface area contributed by atoms with E-state index < -0.39 is 10.0 Å². The molecule has 2 rings (SSSR count). The molecule has 1 fully saturated rings. The lowest BCUT2D eigenvalue weighted by molar-refractivity contribution is 0.0902. The minimum Gasteiger partial charge on any atom is -0.493 e. The minimum atomic E-state index is -3.62. The van der Waals surface area contributed by atoms with Crippen molar-refractivity contribution in [3.63, 3.8) is 0 Å². The summed E-state index contributed by atoms with van der Waals surface area (Å²) in [6, 6.07) is 4.24. The number of nitrogens with one attached hydrogen (secondary N) is 1. The Kier molecular flexibility index (Phi) is 5.08. The van der Waals surface area contributed by atoms with Crippen molar-refractivity contribution < 1.29 is 22.6 Å². The molecule has 1 aromatic rings. The molecule has 1 aliphatic heterocycles. The number of hydrogen-bond acceptors (Lipinski definition) is 5. The summed E-state index contributed by atoms with van der Waals surface area (Å²) in [7, 11) is -0.647. The van der Waals surface area contributed by atoms with Gasteiger partial charge in [-0.3, -0.25) is 0 Å².